The lowest BCUT2D eigenvalue weighted by Crippen LogP contribution is -2.29. The van der Waals surface area contributed by atoms with Crippen LogP contribution in [0.3, 0.4) is 0 Å². The molecule has 0 aliphatic carbocycles. The molecule has 2 aromatic carbocycles. The van der Waals surface area contributed by atoms with Gasteiger partial charge in [-0.3, -0.25) is 11.3 Å². The number of hydrogen-bond acceptors (Lipinski definition) is 3. The van der Waals surface area contributed by atoms with Crippen LogP contribution in [0.5, 0.6) is 5.75 Å². The molecule has 1 unspecified atom stereocenters. The second-order valence-corrected chi connectivity index (χ2v) is 6.60. The van der Waals surface area contributed by atoms with E-state index in [2.05, 4.69) is 62.4 Å². The molecule has 0 aliphatic heterocycles. The number of aryl methyl sites for hydroxylation is 1. The number of hydrazine groups is 1. The van der Waals surface area contributed by atoms with Gasteiger partial charge in [0.15, 0.2) is 0 Å². The molecule has 0 saturated carbocycles. The van der Waals surface area contributed by atoms with Crippen molar-refractivity contribution in [3.8, 4) is 5.75 Å². The average molecular weight is 414 g/mol. The van der Waals surface area contributed by atoms with Crippen LogP contribution in [0.2, 0.25) is 0 Å². The first-order chi connectivity index (χ1) is 10.0. The summed E-state index contributed by atoms with van der Waals surface area (Å²) in [6.07, 6.45) is 0.773. The maximum Gasteiger partial charge on any atom is 0.119 e. The average Bonchev–Trinajstić information content (AvgIpc) is 2.49. The molecule has 0 bridgehead atoms. The predicted octanol–water partition coefficient (Wildman–Crippen LogP) is 4.28. The van der Waals surface area contributed by atoms with Crippen molar-refractivity contribution >= 4 is 31.9 Å². The summed E-state index contributed by atoms with van der Waals surface area (Å²) in [6, 6.07) is 12.3. The van der Waals surface area contributed by atoms with Crippen LogP contribution in [0.25, 0.3) is 0 Å². The van der Waals surface area contributed by atoms with Gasteiger partial charge >= 0.3 is 0 Å². The molecule has 0 aliphatic rings. The van der Waals surface area contributed by atoms with Crippen LogP contribution in [-0.2, 0) is 6.42 Å². The molecule has 0 fully saturated rings. The minimum atomic E-state index is 0.0419. The van der Waals surface area contributed by atoms with E-state index in [1.807, 2.05) is 18.2 Å². The lowest BCUT2D eigenvalue weighted by molar-refractivity contribution is 0.413. The van der Waals surface area contributed by atoms with Crippen molar-refractivity contribution in [1.82, 2.24) is 5.43 Å². The molecule has 0 saturated heterocycles. The summed E-state index contributed by atoms with van der Waals surface area (Å²) in [5.74, 6) is 6.60. The molecule has 0 amide bonds. The SMILES string of the molecule is COc1ccc(Br)c(CC(NN)c2ccc(Br)c(C)c2)c1. The zero-order valence-electron chi connectivity index (χ0n) is 12.0. The van der Waals surface area contributed by atoms with Gasteiger partial charge in [-0.15, -0.1) is 0 Å². The third kappa shape index (κ3) is 4.07. The van der Waals surface area contributed by atoms with E-state index in [4.69, 9.17) is 10.6 Å². The summed E-state index contributed by atoms with van der Waals surface area (Å²) >= 11 is 7.11. The van der Waals surface area contributed by atoms with Gasteiger partial charge in [0.05, 0.1) is 13.2 Å². The molecule has 5 heteroatoms. The molecule has 2 rings (SSSR count). The number of rotatable bonds is 5. The second-order valence-electron chi connectivity index (χ2n) is 4.89. The molecule has 0 aromatic heterocycles. The molecule has 3 N–H and O–H groups in total. The van der Waals surface area contributed by atoms with Gasteiger partial charge in [-0.05, 0) is 54.3 Å². The predicted molar refractivity (Wildman–Crippen MR) is 93.3 cm³/mol. The van der Waals surface area contributed by atoms with Crippen LogP contribution >= 0.6 is 31.9 Å². The summed E-state index contributed by atoms with van der Waals surface area (Å²) in [5, 5.41) is 0. The third-order valence-corrected chi connectivity index (χ3v) is 5.13. The maximum absolute atomic E-state index is 5.75. The number of halogens is 2. The van der Waals surface area contributed by atoms with Gasteiger partial charge < -0.3 is 4.74 Å². The summed E-state index contributed by atoms with van der Waals surface area (Å²) < 4.78 is 7.44. The first-order valence-corrected chi connectivity index (χ1v) is 8.18. The second kappa shape index (κ2) is 7.40. The first kappa shape index (κ1) is 16.5. The van der Waals surface area contributed by atoms with E-state index in [0.29, 0.717) is 0 Å². The molecule has 21 heavy (non-hydrogen) atoms. The highest BCUT2D eigenvalue weighted by Crippen LogP contribution is 2.28. The fourth-order valence-electron chi connectivity index (χ4n) is 2.21. The van der Waals surface area contributed by atoms with Gasteiger partial charge in [0.1, 0.15) is 5.75 Å². The van der Waals surface area contributed by atoms with E-state index in [0.717, 1.165) is 32.2 Å². The topological polar surface area (TPSA) is 47.3 Å². The minimum absolute atomic E-state index is 0.0419. The standard InChI is InChI=1S/C16H18Br2N2O/c1-10-7-11(3-5-14(10)17)16(20-19)9-12-8-13(21-2)4-6-15(12)18/h3-8,16,20H,9,19H2,1-2H3. The van der Waals surface area contributed by atoms with Crippen LogP contribution in [0.1, 0.15) is 22.7 Å². The van der Waals surface area contributed by atoms with E-state index in [1.54, 1.807) is 7.11 Å². The Labute approximate surface area is 142 Å². The van der Waals surface area contributed by atoms with Crippen molar-refractivity contribution in [1.29, 1.82) is 0 Å². The Morgan fingerprint density at radius 3 is 2.48 bits per heavy atom. The lowest BCUT2D eigenvalue weighted by Gasteiger charge is -2.18. The normalized spacial score (nSPS) is 12.2. The molecular formula is C16H18Br2N2O. The van der Waals surface area contributed by atoms with Crippen molar-refractivity contribution in [2.45, 2.75) is 19.4 Å². The molecule has 3 nitrogen and oxygen atoms in total. The number of methoxy groups -OCH3 is 1. The van der Waals surface area contributed by atoms with Gasteiger partial charge in [-0.1, -0.05) is 44.0 Å². The first-order valence-electron chi connectivity index (χ1n) is 6.59. The highest BCUT2D eigenvalue weighted by atomic mass is 79.9. The van der Waals surface area contributed by atoms with Crippen molar-refractivity contribution in [3.05, 3.63) is 62.0 Å². The Bertz CT molecular complexity index is 632. The number of benzene rings is 2. The maximum atomic E-state index is 5.75. The van der Waals surface area contributed by atoms with Crippen LogP contribution in [0, 0.1) is 6.92 Å². The molecule has 1 atom stereocenters. The Morgan fingerprint density at radius 2 is 1.86 bits per heavy atom. The number of nitrogens with one attached hydrogen (secondary N) is 1. The fraction of sp³-hybridized carbons (Fsp3) is 0.250. The molecule has 2 aromatic rings. The van der Waals surface area contributed by atoms with E-state index in [9.17, 15) is 0 Å². The molecule has 112 valence electrons. The van der Waals surface area contributed by atoms with Crippen molar-refractivity contribution in [2.24, 2.45) is 5.84 Å². The number of ether oxygens (including phenoxy) is 1. The lowest BCUT2D eigenvalue weighted by atomic mass is 9.98. The molecule has 0 spiro atoms. The third-order valence-electron chi connectivity index (χ3n) is 3.46. The molecular weight excluding hydrogens is 396 g/mol. The Balaban J connectivity index is 2.28. The van der Waals surface area contributed by atoms with E-state index < -0.39 is 0 Å². The monoisotopic (exact) mass is 412 g/mol. The Kier molecular flexibility index (Phi) is 5.81. The van der Waals surface area contributed by atoms with Crippen molar-refractivity contribution in [2.75, 3.05) is 7.11 Å². The molecule has 0 radical (unpaired) electrons. The van der Waals surface area contributed by atoms with Crippen LogP contribution in [0.4, 0.5) is 0 Å². The number of nitrogens with two attached hydrogens (primary N) is 1. The Morgan fingerprint density at radius 1 is 1.14 bits per heavy atom. The van der Waals surface area contributed by atoms with E-state index >= 15 is 0 Å². The van der Waals surface area contributed by atoms with Crippen LogP contribution in [0.15, 0.2) is 45.3 Å². The smallest absolute Gasteiger partial charge is 0.119 e. The van der Waals surface area contributed by atoms with Crippen LogP contribution < -0.4 is 16.0 Å². The summed E-state index contributed by atoms with van der Waals surface area (Å²) in [7, 11) is 1.67. The zero-order chi connectivity index (χ0) is 15.4. The summed E-state index contributed by atoms with van der Waals surface area (Å²) in [5.41, 5.74) is 6.40. The van der Waals surface area contributed by atoms with Gasteiger partial charge in [0, 0.05) is 8.95 Å². The van der Waals surface area contributed by atoms with Crippen molar-refractivity contribution in [3.63, 3.8) is 0 Å². The highest BCUT2D eigenvalue weighted by molar-refractivity contribution is 9.10. The summed E-state index contributed by atoms with van der Waals surface area (Å²) in [4.78, 5) is 0. The largest absolute Gasteiger partial charge is 0.497 e. The highest BCUT2D eigenvalue weighted by Gasteiger charge is 2.14. The van der Waals surface area contributed by atoms with Crippen LogP contribution in [-0.4, -0.2) is 7.11 Å². The minimum Gasteiger partial charge on any atom is -0.497 e. The summed E-state index contributed by atoms with van der Waals surface area (Å²) in [6.45, 7) is 2.07. The van der Waals surface area contributed by atoms with Gasteiger partial charge in [-0.2, -0.15) is 0 Å². The Hall–Kier alpha value is -0.880. The quantitative estimate of drug-likeness (QED) is 0.568. The van der Waals surface area contributed by atoms with Gasteiger partial charge in [0.2, 0.25) is 0 Å². The van der Waals surface area contributed by atoms with E-state index in [-0.39, 0.29) is 6.04 Å². The number of hydrogen-bond donors (Lipinski definition) is 2. The van der Waals surface area contributed by atoms with Gasteiger partial charge in [0.25, 0.3) is 0 Å². The molecule has 0 heterocycles. The van der Waals surface area contributed by atoms with Gasteiger partial charge in [-0.25, -0.2) is 0 Å². The van der Waals surface area contributed by atoms with Crippen molar-refractivity contribution < 1.29 is 4.74 Å². The fourth-order valence-corrected chi connectivity index (χ4v) is 2.87. The zero-order valence-corrected chi connectivity index (χ0v) is 15.2. The van der Waals surface area contributed by atoms with E-state index in [1.165, 1.54) is 5.56 Å².